The molecule has 10 heavy (non-hydrogen) atoms. The average molecular weight is 207 g/mol. The maximum absolute atomic E-state index is 2.23. The molecule has 0 fully saturated rings. The van der Waals surface area contributed by atoms with Crippen molar-refractivity contribution in [2.45, 2.75) is 13.3 Å². The Morgan fingerprint density at radius 1 is 1.60 bits per heavy atom. The lowest BCUT2D eigenvalue weighted by molar-refractivity contribution is -0.848. The van der Waals surface area contributed by atoms with Crippen LogP contribution in [0, 0.1) is 0 Å². The van der Waals surface area contributed by atoms with E-state index < -0.39 is 0 Å². The zero-order chi connectivity index (χ0) is 6.69. The Kier molecular flexibility index (Phi) is 4.73. The van der Waals surface area contributed by atoms with Gasteiger partial charge in [-0.3, -0.25) is 4.90 Å². The van der Waals surface area contributed by atoms with Crippen molar-refractivity contribution in [1.29, 1.82) is 0 Å². The number of halogens is 1. The molecular formula is C7H15BrN2. The molecule has 2 nitrogen and oxygen atoms in total. The molecule has 0 aromatic carbocycles. The van der Waals surface area contributed by atoms with Crippen molar-refractivity contribution in [3.05, 3.63) is 12.4 Å². The van der Waals surface area contributed by atoms with Crippen LogP contribution >= 0.6 is 0 Å². The molecule has 0 spiro atoms. The van der Waals surface area contributed by atoms with Crippen LogP contribution in [0.4, 0.5) is 0 Å². The van der Waals surface area contributed by atoms with Crippen molar-refractivity contribution in [3.8, 4) is 0 Å². The summed E-state index contributed by atoms with van der Waals surface area (Å²) in [6.45, 7) is 4.63. The highest BCUT2D eigenvalue weighted by Crippen LogP contribution is 1.82. The monoisotopic (exact) mass is 206 g/mol. The molecule has 0 aromatic heterocycles. The van der Waals surface area contributed by atoms with Gasteiger partial charge in [0.25, 0.3) is 0 Å². The van der Waals surface area contributed by atoms with Gasteiger partial charge in [-0.2, -0.15) is 0 Å². The van der Waals surface area contributed by atoms with Gasteiger partial charge < -0.3 is 21.9 Å². The highest BCUT2D eigenvalue weighted by Gasteiger charge is 2.10. The topological polar surface area (TPSA) is 7.68 Å². The van der Waals surface area contributed by atoms with Gasteiger partial charge in [0.05, 0.1) is 12.7 Å². The molecule has 0 bridgehead atoms. The highest BCUT2D eigenvalue weighted by molar-refractivity contribution is 4.74. The Balaban J connectivity index is 0.000000810. The molecule has 1 atom stereocenters. The molecule has 3 heteroatoms. The third kappa shape index (κ3) is 2.71. The van der Waals surface area contributed by atoms with E-state index in [4.69, 9.17) is 0 Å². The molecule has 0 radical (unpaired) electrons. The summed E-state index contributed by atoms with van der Waals surface area (Å²) in [5.74, 6) is 0. The van der Waals surface area contributed by atoms with Crippen LogP contribution in [0.2, 0.25) is 0 Å². The van der Waals surface area contributed by atoms with E-state index in [1.165, 1.54) is 13.0 Å². The van der Waals surface area contributed by atoms with Crippen molar-refractivity contribution in [1.82, 2.24) is 4.90 Å². The van der Waals surface area contributed by atoms with E-state index in [0.717, 1.165) is 6.67 Å². The number of quaternary nitrogens is 1. The minimum absolute atomic E-state index is 0. The normalized spacial score (nSPS) is 23.0. The first-order valence-electron chi connectivity index (χ1n) is 3.56. The van der Waals surface area contributed by atoms with Crippen LogP contribution in [0.25, 0.3) is 0 Å². The Labute approximate surface area is 73.3 Å². The molecule has 1 N–H and O–H groups in total. The molecule has 1 unspecified atom stereocenters. The quantitative estimate of drug-likeness (QED) is 0.497. The zero-order valence-electron chi connectivity index (χ0n) is 6.60. The average Bonchev–Trinajstić information content (AvgIpc) is 2.17. The van der Waals surface area contributed by atoms with Gasteiger partial charge in [-0.1, -0.05) is 6.92 Å². The SMILES string of the molecule is CCC[NH+]1C=CN(C)C1.[Br-]. The van der Waals surface area contributed by atoms with Gasteiger partial charge in [0.15, 0.2) is 6.67 Å². The molecule has 0 saturated carbocycles. The largest absolute Gasteiger partial charge is 1.00 e. The summed E-state index contributed by atoms with van der Waals surface area (Å²) in [6, 6.07) is 0. The fourth-order valence-corrected chi connectivity index (χ4v) is 1.14. The van der Waals surface area contributed by atoms with E-state index in [1.54, 1.807) is 4.90 Å². The second-order valence-corrected chi connectivity index (χ2v) is 2.64. The van der Waals surface area contributed by atoms with Gasteiger partial charge in [0, 0.05) is 7.05 Å². The van der Waals surface area contributed by atoms with E-state index in [2.05, 4.69) is 31.3 Å². The zero-order valence-corrected chi connectivity index (χ0v) is 8.19. The molecule has 0 aromatic rings. The first kappa shape index (κ1) is 9.98. The van der Waals surface area contributed by atoms with Gasteiger partial charge in [-0.05, 0) is 6.42 Å². The summed E-state index contributed by atoms with van der Waals surface area (Å²) in [4.78, 5) is 3.78. The molecular weight excluding hydrogens is 192 g/mol. The summed E-state index contributed by atoms with van der Waals surface area (Å²) < 4.78 is 0. The number of rotatable bonds is 2. The van der Waals surface area contributed by atoms with E-state index >= 15 is 0 Å². The molecule has 0 amide bonds. The standard InChI is InChI=1S/C7H14N2.BrH/c1-3-4-9-6-5-8(2)7-9;/h5-6H,3-4,7H2,1-2H3;1H. The summed E-state index contributed by atoms with van der Waals surface area (Å²) in [5, 5.41) is 0. The van der Waals surface area contributed by atoms with E-state index in [9.17, 15) is 0 Å². The fraction of sp³-hybridized carbons (Fsp3) is 0.714. The molecule has 1 aliphatic heterocycles. The second kappa shape index (κ2) is 4.74. The number of nitrogens with zero attached hydrogens (tertiary/aromatic N) is 1. The smallest absolute Gasteiger partial charge is 0.156 e. The van der Waals surface area contributed by atoms with Crippen LogP contribution < -0.4 is 21.9 Å². The predicted molar refractivity (Wildman–Crippen MR) is 37.9 cm³/mol. The summed E-state index contributed by atoms with van der Waals surface area (Å²) in [5.41, 5.74) is 0. The lowest BCUT2D eigenvalue weighted by Crippen LogP contribution is -3.07. The third-order valence-electron chi connectivity index (χ3n) is 1.59. The number of nitrogens with one attached hydrogen (secondary N) is 1. The summed E-state index contributed by atoms with van der Waals surface area (Å²) in [6.07, 6.45) is 5.64. The molecule has 60 valence electrons. The number of hydrogen-bond acceptors (Lipinski definition) is 1. The third-order valence-corrected chi connectivity index (χ3v) is 1.59. The van der Waals surface area contributed by atoms with Crippen LogP contribution in [-0.4, -0.2) is 25.2 Å². The minimum Gasteiger partial charge on any atom is -1.00 e. The predicted octanol–water partition coefficient (Wildman–Crippen LogP) is -3.34. The van der Waals surface area contributed by atoms with Crippen molar-refractivity contribution < 1.29 is 21.9 Å². The number of hydrogen-bond donors (Lipinski definition) is 1. The van der Waals surface area contributed by atoms with Crippen molar-refractivity contribution in [2.75, 3.05) is 20.3 Å². The van der Waals surface area contributed by atoms with Crippen molar-refractivity contribution in [2.24, 2.45) is 0 Å². The van der Waals surface area contributed by atoms with Crippen LogP contribution in [-0.2, 0) is 0 Å². The minimum atomic E-state index is 0. The van der Waals surface area contributed by atoms with Crippen LogP contribution in [0.1, 0.15) is 13.3 Å². The Morgan fingerprint density at radius 2 is 2.30 bits per heavy atom. The van der Waals surface area contributed by atoms with Crippen LogP contribution in [0.15, 0.2) is 12.4 Å². The van der Waals surface area contributed by atoms with Gasteiger partial charge in [-0.25, -0.2) is 0 Å². The maximum atomic E-state index is 2.23. The van der Waals surface area contributed by atoms with Crippen LogP contribution in [0.3, 0.4) is 0 Å². The van der Waals surface area contributed by atoms with Gasteiger partial charge >= 0.3 is 0 Å². The van der Waals surface area contributed by atoms with Crippen molar-refractivity contribution >= 4 is 0 Å². The summed E-state index contributed by atoms with van der Waals surface area (Å²) >= 11 is 0. The molecule has 1 rings (SSSR count). The highest BCUT2D eigenvalue weighted by atomic mass is 79.9. The molecule has 0 saturated heterocycles. The first-order valence-corrected chi connectivity index (χ1v) is 3.56. The fourth-order valence-electron chi connectivity index (χ4n) is 1.14. The second-order valence-electron chi connectivity index (χ2n) is 2.64. The lowest BCUT2D eigenvalue weighted by atomic mass is 10.4. The molecule has 0 aliphatic carbocycles. The Morgan fingerprint density at radius 3 is 2.70 bits per heavy atom. The maximum Gasteiger partial charge on any atom is 0.156 e. The van der Waals surface area contributed by atoms with E-state index in [1.807, 2.05) is 0 Å². The van der Waals surface area contributed by atoms with Gasteiger partial charge in [0.1, 0.15) is 6.20 Å². The first-order chi connectivity index (χ1) is 4.33. The lowest BCUT2D eigenvalue weighted by Gasteiger charge is -2.10. The van der Waals surface area contributed by atoms with E-state index in [0.29, 0.717) is 0 Å². The van der Waals surface area contributed by atoms with Gasteiger partial charge in [0.2, 0.25) is 0 Å². The summed E-state index contributed by atoms with van der Waals surface area (Å²) in [7, 11) is 2.11. The van der Waals surface area contributed by atoms with Crippen molar-refractivity contribution in [3.63, 3.8) is 0 Å². The van der Waals surface area contributed by atoms with Gasteiger partial charge in [-0.15, -0.1) is 0 Å². The van der Waals surface area contributed by atoms with Crippen LogP contribution in [0.5, 0.6) is 0 Å². The molecule has 1 heterocycles. The van der Waals surface area contributed by atoms with E-state index in [-0.39, 0.29) is 17.0 Å². The Hall–Kier alpha value is -0.0200. The molecule has 1 aliphatic rings. The Bertz CT molecular complexity index is 114.